The molecule has 9 rings (SSSR count). The molecule has 0 saturated carbocycles. The highest BCUT2D eigenvalue weighted by atomic mass is 16.4. The van der Waals surface area contributed by atoms with Crippen LogP contribution >= 0.6 is 0 Å². The molecule has 5 heteroatoms. The summed E-state index contributed by atoms with van der Waals surface area (Å²) in [4.78, 5) is 10.1. The Bertz CT molecular complexity index is 2510. The molecule has 0 N–H and O–H groups in total. The first kappa shape index (κ1) is 23.9. The van der Waals surface area contributed by atoms with E-state index < -0.39 is 0 Å². The highest BCUT2D eigenvalue weighted by Gasteiger charge is 2.35. The van der Waals surface area contributed by atoms with Gasteiger partial charge in [-0.15, -0.1) is 0 Å². The number of pyridine rings is 1. The van der Waals surface area contributed by atoms with Crippen LogP contribution in [0.3, 0.4) is 0 Å². The molecule has 0 fully saturated rings. The minimum Gasteiger partial charge on any atom is -0.423 e. The first-order valence-electron chi connectivity index (χ1n) is 14.4. The van der Waals surface area contributed by atoms with Crippen molar-refractivity contribution in [1.82, 2.24) is 14.4 Å². The van der Waals surface area contributed by atoms with Gasteiger partial charge in [-0.25, -0.2) is 9.38 Å². The van der Waals surface area contributed by atoms with Crippen molar-refractivity contribution >= 4 is 38.9 Å². The first-order chi connectivity index (χ1) is 21.0. The molecule has 0 spiro atoms. The predicted molar refractivity (Wildman–Crippen MR) is 171 cm³/mol. The summed E-state index contributed by atoms with van der Waals surface area (Å²) >= 11 is 0. The van der Waals surface area contributed by atoms with Gasteiger partial charge in [0.25, 0.3) is 0 Å². The first-order valence-corrected chi connectivity index (χ1v) is 14.4. The minimum absolute atomic E-state index is 0.200. The summed E-state index contributed by atoms with van der Waals surface area (Å²) < 4.78 is 8.11. The van der Waals surface area contributed by atoms with E-state index in [2.05, 4.69) is 86.6 Å². The summed E-state index contributed by atoms with van der Waals surface area (Å²) in [6, 6.07) is 40.0. The van der Waals surface area contributed by atoms with Gasteiger partial charge in [0.15, 0.2) is 11.2 Å². The average Bonchev–Trinajstić information content (AvgIpc) is 3.67. The van der Waals surface area contributed by atoms with Gasteiger partial charge in [0.2, 0.25) is 0 Å². The van der Waals surface area contributed by atoms with Crippen LogP contribution in [0.15, 0.2) is 114 Å². The highest BCUT2D eigenvalue weighted by Crippen LogP contribution is 2.50. The van der Waals surface area contributed by atoms with Crippen molar-refractivity contribution in [2.24, 2.45) is 0 Å². The third kappa shape index (κ3) is 3.26. The molecule has 0 atom stereocenters. The molecule has 3 aromatic heterocycles. The summed E-state index contributed by atoms with van der Waals surface area (Å²) in [5, 5.41) is 11.6. The van der Waals surface area contributed by atoms with Crippen molar-refractivity contribution in [2.75, 3.05) is 0 Å². The van der Waals surface area contributed by atoms with E-state index in [9.17, 15) is 5.26 Å². The zero-order valence-electron chi connectivity index (χ0n) is 23.6. The Kier molecular flexibility index (Phi) is 4.68. The van der Waals surface area contributed by atoms with Gasteiger partial charge in [0.05, 0.1) is 22.8 Å². The Morgan fingerprint density at radius 1 is 0.698 bits per heavy atom. The van der Waals surface area contributed by atoms with Crippen LogP contribution in [-0.2, 0) is 5.41 Å². The van der Waals surface area contributed by atoms with Gasteiger partial charge in [-0.1, -0.05) is 86.6 Å². The molecule has 0 amide bonds. The molecule has 0 radical (unpaired) electrons. The van der Waals surface area contributed by atoms with Crippen molar-refractivity contribution in [3.8, 4) is 39.6 Å². The van der Waals surface area contributed by atoms with Gasteiger partial charge in [-0.2, -0.15) is 10.2 Å². The van der Waals surface area contributed by atoms with E-state index >= 15 is 0 Å². The summed E-state index contributed by atoms with van der Waals surface area (Å²) in [6.07, 6.45) is 0. The predicted octanol–water partition coefficient (Wildman–Crippen LogP) is 9.29. The fraction of sp³-hybridized carbons (Fsp3) is 0.0789. The molecule has 8 aromatic rings. The van der Waals surface area contributed by atoms with E-state index in [0.29, 0.717) is 11.4 Å². The molecule has 0 bridgehead atoms. The number of hydrogen-bond acceptors (Lipinski definition) is 4. The third-order valence-electron chi connectivity index (χ3n) is 9.06. The number of imidazole rings is 1. The van der Waals surface area contributed by atoms with E-state index in [1.807, 2.05) is 46.9 Å². The number of aromatic nitrogens is 3. The van der Waals surface area contributed by atoms with Crippen LogP contribution in [0.2, 0.25) is 0 Å². The number of hydrogen-bond donors (Lipinski definition) is 0. The maximum atomic E-state index is 9.50. The zero-order chi connectivity index (χ0) is 28.9. The van der Waals surface area contributed by atoms with E-state index in [0.717, 1.165) is 55.4 Å². The number of para-hydroxylation sites is 2. The Morgan fingerprint density at radius 3 is 2.28 bits per heavy atom. The average molecular weight is 553 g/mol. The summed E-state index contributed by atoms with van der Waals surface area (Å²) in [7, 11) is 0. The van der Waals surface area contributed by atoms with Crippen LogP contribution < -0.4 is 0 Å². The van der Waals surface area contributed by atoms with Crippen molar-refractivity contribution in [2.45, 2.75) is 19.3 Å². The zero-order valence-corrected chi connectivity index (χ0v) is 23.6. The van der Waals surface area contributed by atoms with Crippen molar-refractivity contribution in [3.05, 3.63) is 126 Å². The lowest BCUT2D eigenvalue weighted by Gasteiger charge is -2.22. The van der Waals surface area contributed by atoms with Crippen molar-refractivity contribution in [1.29, 1.82) is 5.26 Å². The molecule has 5 aromatic carbocycles. The fourth-order valence-electron chi connectivity index (χ4n) is 6.90. The molecule has 5 nitrogen and oxygen atoms in total. The van der Waals surface area contributed by atoms with Crippen LogP contribution in [0.1, 0.15) is 30.5 Å². The largest absolute Gasteiger partial charge is 0.423 e. The van der Waals surface area contributed by atoms with E-state index in [1.54, 1.807) is 0 Å². The number of rotatable bonds is 2. The molecule has 1 aliphatic rings. The fourth-order valence-corrected chi connectivity index (χ4v) is 6.90. The number of nitrogens with zero attached hydrogens (tertiary/aromatic N) is 4. The smallest absolute Gasteiger partial charge is 0.309 e. The lowest BCUT2D eigenvalue weighted by atomic mass is 9.81. The highest BCUT2D eigenvalue weighted by molar-refractivity contribution is 6.10. The van der Waals surface area contributed by atoms with Crippen LogP contribution in [-0.4, -0.2) is 14.4 Å². The molecule has 0 saturated heterocycles. The standard InChI is InChI=1S/C38H24N4O/c1-38(2)30-18-22(21-39)14-16-26(30)27-17-15-24(20-31(27)38)23-8-7-9-25(19-23)34-28-10-3-4-11-29(28)35-36(40-34)42-32-12-5-6-13-33(32)43-37(42)41-35/h3-20H,1-2H3. The molecular weight excluding hydrogens is 528 g/mol. The lowest BCUT2D eigenvalue weighted by Crippen LogP contribution is -2.15. The molecule has 202 valence electrons. The Morgan fingerprint density at radius 2 is 1.42 bits per heavy atom. The van der Waals surface area contributed by atoms with E-state index in [4.69, 9.17) is 14.4 Å². The van der Waals surface area contributed by atoms with E-state index in [-0.39, 0.29) is 5.41 Å². The maximum Gasteiger partial charge on any atom is 0.309 e. The lowest BCUT2D eigenvalue weighted by molar-refractivity contribution is 0.643. The third-order valence-corrected chi connectivity index (χ3v) is 9.06. The number of oxazole rings is 1. The molecule has 0 unspecified atom stereocenters. The Hall–Kier alpha value is -5.73. The quantitative estimate of drug-likeness (QED) is 0.214. The molecule has 1 aliphatic carbocycles. The summed E-state index contributed by atoms with van der Waals surface area (Å²) in [6.45, 7) is 4.49. The SMILES string of the molecule is CC1(C)c2cc(C#N)ccc2-c2ccc(-c3cccc(-c4nc5c(nc6oc7ccccc7n65)c5ccccc45)c3)cc21. The van der Waals surface area contributed by atoms with Gasteiger partial charge >= 0.3 is 5.84 Å². The van der Waals surface area contributed by atoms with Crippen LogP contribution in [0.25, 0.3) is 72.4 Å². The van der Waals surface area contributed by atoms with Crippen molar-refractivity contribution < 1.29 is 4.42 Å². The van der Waals surface area contributed by atoms with Gasteiger partial charge < -0.3 is 4.42 Å². The van der Waals surface area contributed by atoms with Crippen LogP contribution in [0.4, 0.5) is 0 Å². The molecule has 3 heterocycles. The Labute approximate surface area is 247 Å². The number of fused-ring (bicyclic) bond motifs is 10. The monoisotopic (exact) mass is 552 g/mol. The van der Waals surface area contributed by atoms with Crippen LogP contribution in [0, 0.1) is 11.3 Å². The van der Waals surface area contributed by atoms with Gasteiger partial charge in [-0.05, 0) is 69.8 Å². The maximum absolute atomic E-state index is 9.50. The topological polar surface area (TPSA) is 67.1 Å². The summed E-state index contributed by atoms with van der Waals surface area (Å²) in [5.41, 5.74) is 13.0. The molecule has 0 aliphatic heterocycles. The van der Waals surface area contributed by atoms with Gasteiger partial charge in [0, 0.05) is 21.8 Å². The summed E-state index contributed by atoms with van der Waals surface area (Å²) in [5.74, 6) is 0.545. The minimum atomic E-state index is -0.200. The van der Waals surface area contributed by atoms with Crippen LogP contribution in [0.5, 0.6) is 0 Å². The van der Waals surface area contributed by atoms with Gasteiger partial charge in [0.1, 0.15) is 5.52 Å². The second-order valence-electron chi connectivity index (χ2n) is 11.8. The van der Waals surface area contributed by atoms with Crippen molar-refractivity contribution in [3.63, 3.8) is 0 Å². The molecular formula is C38H24N4O. The Balaban J connectivity index is 1.23. The second-order valence-corrected chi connectivity index (χ2v) is 11.8. The second kappa shape index (κ2) is 8.40. The van der Waals surface area contributed by atoms with Gasteiger partial charge in [-0.3, -0.25) is 0 Å². The molecule has 43 heavy (non-hydrogen) atoms. The number of nitriles is 1. The number of benzene rings is 5. The normalized spacial score (nSPS) is 13.5. The van der Waals surface area contributed by atoms with E-state index in [1.165, 1.54) is 22.3 Å².